The van der Waals surface area contributed by atoms with Crippen LogP contribution in [0.3, 0.4) is 0 Å². The summed E-state index contributed by atoms with van der Waals surface area (Å²) in [4.78, 5) is 4.00. The number of nitrogens with zero attached hydrogens (tertiary/aromatic N) is 3. The number of hydrogen-bond acceptors (Lipinski definition) is 4. The summed E-state index contributed by atoms with van der Waals surface area (Å²) in [6.45, 7) is 1.28. The van der Waals surface area contributed by atoms with Crippen molar-refractivity contribution in [2.75, 3.05) is 5.73 Å². The molecule has 3 atom stereocenters. The molecule has 0 radical (unpaired) electrons. The van der Waals surface area contributed by atoms with Crippen molar-refractivity contribution >= 4 is 5.82 Å². The molecule has 2 aliphatic rings. The van der Waals surface area contributed by atoms with Crippen molar-refractivity contribution in [3.8, 4) is 17.0 Å². The zero-order chi connectivity index (χ0) is 18.4. The zero-order valence-corrected chi connectivity index (χ0v) is 15.0. The van der Waals surface area contributed by atoms with Gasteiger partial charge in [-0.05, 0) is 57.1 Å². The fraction of sp³-hybridized carbons (Fsp3) is 0.579. The molecule has 2 fully saturated rings. The second kappa shape index (κ2) is 6.52. The van der Waals surface area contributed by atoms with Crippen LogP contribution in [0.15, 0.2) is 18.3 Å². The van der Waals surface area contributed by atoms with Crippen LogP contribution in [0.1, 0.15) is 57.2 Å². The molecule has 2 N–H and O–H groups in total. The number of halogens is 2. The Morgan fingerprint density at radius 1 is 1.23 bits per heavy atom. The maximum Gasteiger partial charge on any atom is 0.387 e. The van der Waals surface area contributed by atoms with E-state index in [0.29, 0.717) is 11.5 Å². The highest BCUT2D eigenvalue weighted by molar-refractivity contribution is 5.64. The van der Waals surface area contributed by atoms with Crippen LogP contribution in [-0.4, -0.2) is 21.4 Å². The highest BCUT2D eigenvalue weighted by atomic mass is 19.3. The van der Waals surface area contributed by atoms with Crippen LogP contribution in [0, 0.1) is 11.8 Å². The Bertz CT molecular complexity index is 805. The number of rotatable bonds is 5. The van der Waals surface area contributed by atoms with Gasteiger partial charge >= 0.3 is 6.61 Å². The van der Waals surface area contributed by atoms with Crippen LogP contribution in [0.2, 0.25) is 0 Å². The summed E-state index contributed by atoms with van der Waals surface area (Å²) >= 11 is 0. The summed E-state index contributed by atoms with van der Waals surface area (Å²) in [5.74, 6) is 1.96. The first-order chi connectivity index (χ1) is 12.4. The minimum absolute atomic E-state index is 0.0503. The Hall–Kier alpha value is -2.18. The van der Waals surface area contributed by atoms with E-state index in [4.69, 9.17) is 10.8 Å². The normalized spacial score (nSPS) is 24.8. The van der Waals surface area contributed by atoms with E-state index in [-0.39, 0.29) is 17.6 Å². The minimum Gasteiger partial charge on any atom is -0.431 e. The van der Waals surface area contributed by atoms with Gasteiger partial charge in [0.25, 0.3) is 0 Å². The number of nitrogen functional groups attached to an aromatic ring is 1. The minimum atomic E-state index is -2.94. The molecule has 0 aromatic carbocycles. The number of alkyl halides is 2. The molecule has 2 aromatic rings. The molecule has 4 rings (SSSR count). The summed E-state index contributed by atoms with van der Waals surface area (Å²) in [7, 11) is 0. The van der Waals surface area contributed by atoms with Crippen molar-refractivity contribution in [3.63, 3.8) is 0 Å². The highest BCUT2D eigenvalue weighted by Gasteiger charge is 2.42. The summed E-state index contributed by atoms with van der Waals surface area (Å²) in [6.07, 6.45) is 6.75. The predicted octanol–water partition coefficient (Wildman–Crippen LogP) is 4.61. The monoisotopic (exact) mass is 362 g/mol. The Balaban J connectivity index is 1.70. The molecule has 2 aliphatic carbocycles. The summed E-state index contributed by atoms with van der Waals surface area (Å²) in [5, 5.41) is 4.75. The molecular formula is C19H24F2N4O. The lowest BCUT2D eigenvalue weighted by Gasteiger charge is -2.23. The first kappa shape index (κ1) is 17.2. The molecule has 7 heteroatoms. The summed E-state index contributed by atoms with van der Waals surface area (Å²) in [6, 6.07) is 3.81. The lowest BCUT2D eigenvalue weighted by Crippen LogP contribution is -2.15. The summed E-state index contributed by atoms with van der Waals surface area (Å²) in [5.41, 5.74) is 8.25. The fourth-order valence-corrected chi connectivity index (χ4v) is 4.63. The van der Waals surface area contributed by atoms with Crippen LogP contribution in [0.4, 0.5) is 14.6 Å². The van der Waals surface area contributed by atoms with Crippen molar-refractivity contribution in [3.05, 3.63) is 24.0 Å². The molecule has 2 heterocycles. The van der Waals surface area contributed by atoms with E-state index in [1.165, 1.54) is 37.4 Å². The average Bonchev–Trinajstić information content (AvgIpc) is 3.30. The van der Waals surface area contributed by atoms with E-state index in [1.54, 1.807) is 6.20 Å². The smallest absolute Gasteiger partial charge is 0.387 e. The van der Waals surface area contributed by atoms with E-state index >= 15 is 0 Å². The quantitative estimate of drug-likeness (QED) is 0.843. The fourth-order valence-electron chi connectivity index (χ4n) is 4.63. The number of nitrogens with two attached hydrogens (primary N) is 1. The van der Waals surface area contributed by atoms with Gasteiger partial charge in [-0.3, -0.25) is 4.68 Å². The Morgan fingerprint density at radius 2 is 2.04 bits per heavy atom. The second-order valence-corrected chi connectivity index (χ2v) is 7.76. The highest BCUT2D eigenvalue weighted by Crippen LogP contribution is 2.53. The van der Waals surface area contributed by atoms with E-state index in [2.05, 4.69) is 34.3 Å². The molecule has 5 nitrogen and oxygen atoms in total. The van der Waals surface area contributed by atoms with Crippen LogP contribution < -0.4 is 10.5 Å². The van der Waals surface area contributed by atoms with Crippen molar-refractivity contribution in [2.45, 2.75) is 58.1 Å². The second-order valence-electron chi connectivity index (χ2n) is 7.76. The topological polar surface area (TPSA) is 66.0 Å². The number of ether oxygens (including phenoxy) is 1. The predicted molar refractivity (Wildman–Crippen MR) is 95.1 cm³/mol. The van der Waals surface area contributed by atoms with Crippen molar-refractivity contribution in [2.24, 2.45) is 11.8 Å². The SMILES string of the molecule is CC(C)n1nc(-c2cnc(N)c(OC(F)F)c2)cc1[C@@H]1CC2CC[C@H]1C2. The van der Waals surface area contributed by atoms with Gasteiger partial charge < -0.3 is 10.5 Å². The van der Waals surface area contributed by atoms with Gasteiger partial charge in [-0.25, -0.2) is 4.98 Å². The van der Waals surface area contributed by atoms with E-state index in [0.717, 1.165) is 17.5 Å². The molecule has 2 bridgehead atoms. The molecule has 2 saturated carbocycles. The Kier molecular flexibility index (Phi) is 4.32. The number of pyridine rings is 1. The third kappa shape index (κ3) is 3.04. The molecule has 0 saturated heterocycles. The molecule has 26 heavy (non-hydrogen) atoms. The van der Waals surface area contributed by atoms with Gasteiger partial charge in [0, 0.05) is 29.4 Å². The molecule has 0 amide bonds. The first-order valence-electron chi connectivity index (χ1n) is 9.22. The number of hydrogen-bond donors (Lipinski definition) is 1. The van der Waals surface area contributed by atoms with Crippen LogP contribution in [0.5, 0.6) is 5.75 Å². The van der Waals surface area contributed by atoms with Gasteiger partial charge in [0.15, 0.2) is 11.6 Å². The lowest BCUT2D eigenvalue weighted by molar-refractivity contribution is -0.0494. The number of fused-ring (bicyclic) bond motifs is 2. The molecule has 1 unspecified atom stereocenters. The van der Waals surface area contributed by atoms with Gasteiger partial charge in [0.05, 0.1) is 5.69 Å². The van der Waals surface area contributed by atoms with Gasteiger partial charge in [-0.15, -0.1) is 0 Å². The average molecular weight is 362 g/mol. The molecular weight excluding hydrogens is 338 g/mol. The maximum atomic E-state index is 12.6. The van der Waals surface area contributed by atoms with E-state index in [1.807, 2.05) is 0 Å². The van der Waals surface area contributed by atoms with E-state index in [9.17, 15) is 8.78 Å². The molecule has 0 spiro atoms. The molecule has 0 aliphatic heterocycles. The third-order valence-electron chi connectivity index (χ3n) is 5.77. The van der Waals surface area contributed by atoms with E-state index < -0.39 is 6.61 Å². The van der Waals surface area contributed by atoms with Crippen LogP contribution in [-0.2, 0) is 0 Å². The maximum absolute atomic E-state index is 12.6. The third-order valence-corrected chi connectivity index (χ3v) is 5.77. The first-order valence-corrected chi connectivity index (χ1v) is 9.22. The van der Waals surface area contributed by atoms with Crippen LogP contribution in [0.25, 0.3) is 11.3 Å². The number of aromatic nitrogens is 3. The van der Waals surface area contributed by atoms with Gasteiger partial charge in [0.1, 0.15) is 0 Å². The summed E-state index contributed by atoms with van der Waals surface area (Å²) < 4.78 is 31.7. The number of anilines is 1. The Morgan fingerprint density at radius 3 is 2.65 bits per heavy atom. The van der Waals surface area contributed by atoms with Gasteiger partial charge in [-0.2, -0.15) is 13.9 Å². The lowest BCUT2D eigenvalue weighted by atomic mass is 9.86. The zero-order valence-electron chi connectivity index (χ0n) is 15.0. The molecule has 140 valence electrons. The van der Waals surface area contributed by atoms with Crippen LogP contribution >= 0.6 is 0 Å². The van der Waals surface area contributed by atoms with Gasteiger partial charge in [0.2, 0.25) is 0 Å². The standard InChI is InChI=1S/C19H24F2N4O/c1-10(2)25-16(14-6-11-3-4-12(14)5-11)8-15(24-25)13-7-17(26-19(20)21)18(22)23-9-13/h7-12,14,19H,3-6H2,1-2H3,(H2,22,23)/t11?,12-,14+/m0/s1. The largest absolute Gasteiger partial charge is 0.431 e. The van der Waals surface area contributed by atoms with Crippen molar-refractivity contribution in [1.82, 2.24) is 14.8 Å². The van der Waals surface area contributed by atoms with Gasteiger partial charge in [-0.1, -0.05) is 6.42 Å². The Labute approximate surface area is 151 Å². The van der Waals surface area contributed by atoms with Crippen molar-refractivity contribution in [1.29, 1.82) is 0 Å². The molecule has 2 aromatic heterocycles. The van der Waals surface area contributed by atoms with Crippen molar-refractivity contribution < 1.29 is 13.5 Å².